The maximum absolute atomic E-state index is 13.5. The van der Waals surface area contributed by atoms with Gasteiger partial charge >= 0.3 is 0 Å². The Morgan fingerprint density at radius 3 is 2.76 bits per heavy atom. The number of benzene rings is 2. The van der Waals surface area contributed by atoms with E-state index in [1.807, 2.05) is 0 Å². The number of hydrogen-bond donors (Lipinski definition) is 2. The minimum atomic E-state index is -3.71. The number of aryl methyl sites for hydroxylation is 1. The number of hydrogen-bond acceptors (Lipinski definition) is 3. The number of fused-ring (bicyclic) bond motifs is 1. The number of halogens is 1. The van der Waals surface area contributed by atoms with E-state index in [0.717, 1.165) is 24.2 Å². The summed E-state index contributed by atoms with van der Waals surface area (Å²) in [6.07, 6.45) is 0.803. The van der Waals surface area contributed by atoms with Crippen LogP contribution in [0.25, 0.3) is 0 Å². The summed E-state index contributed by atoms with van der Waals surface area (Å²) >= 11 is 0. The van der Waals surface area contributed by atoms with Gasteiger partial charge in [-0.3, -0.25) is 4.72 Å². The third-order valence-electron chi connectivity index (χ3n) is 3.52. The van der Waals surface area contributed by atoms with Crippen LogP contribution in [0.4, 0.5) is 15.8 Å². The largest absolute Gasteiger partial charge is 0.384 e. The Morgan fingerprint density at radius 2 is 2.00 bits per heavy atom. The monoisotopic (exact) mass is 306 g/mol. The summed E-state index contributed by atoms with van der Waals surface area (Å²) in [6.45, 7) is 2.44. The molecule has 110 valence electrons. The van der Waals surface area contributed by atoms with E-state index in [4.69, 9.17) is 0 Å². The van der Waals surface area contributed by atoms with Gasteiger partial charge in [-0.05, 0) is 54.8 Å². The number of sulfonamides is 1. The van der Waals surface area contributed by atoms with E-state index in [2.05, 4.69) is 10.0 Å². The molecule has 1 heterocycles. The van der Waals surface area contributed by atoms with Crippen molar-refractivity contribution in [1.29, 1.82) is 0 Å². The lowest BCUT2D eigenvalue weighted by atomic mass is 10.2. The molecule has 3 rings (SSSR count). The summed E-state index contributed by atoms with van der Waals surface area (Å²) in [5.74, 6) is -0.437. The van der Waals surface area contributed by atoms with Gasteiger partial charge in [0.05, 0.1) is 10.6 Å². The molecule has 1 aliphatic rings. The standard InChI is InChI=1S/C15H15FN2O2S/c1-10-2-3-12(9-14(10)16)18-21(19,20)13-4-5-15-11(8-13)6-7-17-15/h2-5,8-9,17-18H,6-7H2,1H3. The van der Waals surface area contributed by atoms with Crippen LogP contribution in [0.15, 0.2) is 41.3 Å². The molecule has 0 saturated heterocycles. The zero-order valence-corrected chi connectivity index (χ0v) is 12.3. The predicted octanol–water partition coefficient (Wildman–Crippen LogP) is 2.90. The molecule has 2 N–H and O–H groups in total. The third-order valence-corrected chi connectivity index (χ3v) is 4.90. The summed E-state index contributed by atoms with van der Waals surface area (Å²) in [5, 5.41) is 3.18. The van der Waals surface area contributed by atoms with Gasteiger partial charge in [0.15, 0.2) is 0 Å². The lowest BCUT2D eigenvalue weighted by Crippen LogP contribution is -2.13. The summed E-state index contributed by atoms with van der Waals surface area (Å²) < 4.78 is 40.6. The zero-order chi connectivity index (χ0) is 15.0. The topological polar surface area (TPSA) is 58.2 Å². The van der Waals surface area contributed by atoms with E-state index in [9.17, 15) is 12.8 Å². The maximum atomic E-state index is 13.5. The summed E-state index contributed by atoms with van der Waals surface area (Å²) in [6, 6.07) is 9.23. The summed E-state index contributed by atoms with van der Waals surface area (Å²) in [5.41, 5.74) is 2.64. The van der Waals surface area contributed by atoms with Crippen molar-refractivity contribution in [2.24, 2.45) is 0 Å². The Kier molecular flexibility index (Phi) is 3.33. The molecule has 2 aromatic rings. The Morgan fingerprint density at radius 1 is 1.19 bits per heavy atom. The second-order valence-corrected chi connectivity index (χ2v) is 6.75. The molecule has 0 amide bonds. The van der Waals surface area contributed by atoms with E-state index in [1.165, 1.54) is 6.07 Å². The Hall–Kier alpha value is -2.08. The first kappa shape index (κ1) is 13.9. The first-order valence-corrected chi connectivity index (χ1v) is 8.10. The summed E-state index contributed by atoms with van der Waals surface area (Å²) in [4.78, 5) is 0.186. The first-order chi connectivity index (χ1) is 9.95. The van der Waals surface area contributed by atoms with Crippen LogP contribution < -0.4 is 10.0 Å². The molecule has 6 heteroatoms. The smallest absolute Gasteiger partial charge is 0.261 e. The van der Waals surface area contributed by atoms with Gasteiger partial charge in [-0.1, -0.05) is 6.07 Å². The van der Waals surface area contributed by atoms with Crippen LogP contribution in [0, 0.1) is 12.7 Å². The molecule has 0 bridgehead atoms. The van der Waals surface area contributed by atoms with Crippen LogP contribution in [0.3, 0.4) is 0 Å². The van der Waals surface area contributed by atoms with Crippen LogP contribution in [0.5, 0.6) is 0 Å². The molecule has 4 nitrogen and oxygen atoms in total. The van der Waals surface area contributed by atoms with Crippen LogP contribution in [0.1, 0.15) is 11.1 Å². The quantitative estimate of drug-likeness (QED) is 0.916. The van der Waals surface area contributed by atoms with Crippen molar-refractivity contribution < 1.29 is 12.8 Å². The lowest BCUT2D eigenvalue weighted by molar-refractivity contribution is 0.601. The Bertz CT molecular complexity index is 803. The fourth-order valence-corrected chi connectivity index (χ4v) is 3.42. The average molecular weight is 306 g/mol. The highest BCUT2D eigenvalue weighted by Gasteiger charge is 2.18. The second kappa shape index (κ2) is 5.04. The SMILES string of the molecule is Cc1ccc(NS(=O)(=O)c2ccc3c(c2)CCN3)cc1F. The molecule has 21 heavy (non-hydrogen) atoms. The molecule has 0 unspecified atom stereocenters. The van der Waals surface area contributed by atoms with Gasteiger partial charge in [-0.25, -0.2) is 12.8 Å². The molecule has 0 aliphatic carbocycles. The fourth-order valence-electron chi connectivity index (χ4n) is 2.32. The van der Waals surface area contributed by atoms with Crippen LogP contribution in [-0.2, 0) is 16.4 Å². The van der Waals surface area contributed by atoms with E-state index in [-0.39, 0.29) is 10.6 Å². The van der Waals surface area contributed by atoms with E-state index >= 15 is 0 Å². The average Bonchev–Trinajstić information content (AvgIpc) is 2.90. The third kappa shape index (κ3) is 2.71. The number of nitrogens with one attached hydrogen (secondary N) is 2. The highest BCUT2D eigenvalue weighted by atomic mass is 32.2. The van der Waals surface area contributed by atoms with Gasteiger partial charge in [0.2, 0.25) is 0 Å². The van der Waals surface area contributed by atoms with Crippen LogP contribution in [0.2, 0.25) is 0 Å². The maximum Gasteiger partial charge on any atom is 0.261 e. The van der Waals surface area contributed by atoms with Gasteiger partial charge in [-0.2, -0.15) is 0 Å². The lowest BCUT2D eigenvalue weighted by Gasteiger charge is -2.10. The molecule has 2 aromatic carbocycles. The zero-order valence-electron chi connectivity index (χ0n) is 11.5. The van der Waals surface area contributed by atoms with Crippen LogP contribution in [-0.4, -0.2) is 15.0 Å². The molecule has 0 fully saturated rings. The van der Waals surface area contributed by atoms with Gasteiger partial charge < -0.3 is 5.32 Å². The molecule has 0 spiro atoms. The van der Waals surface area contributed by atoms with E-state index in [0.29, 0.717) is 5.56 Å². The molecular formula is C15H15FN2O2S. The fraction of sp³-hybridized carbons (Fsp3) is 0.200. The minimum absolute atomic E-state index is 0.186. The molecule has 0 atom stereocenters. The van der Waals surface area contributed by atoms with Crippen molar-refractivity contribution in [3.8, 4) is 0 Å². The van der Waals surface area contributed by atoms with Crippen molar-refractivity contribution in [2.45, 2.75) is 18.2 Å². The minimum Gasteiger partial charge on any atom is -0.384 e. The Labute approximate surface area is 123 Å². The molecule has 0 aromatic heterocycles. The molecule has 0 saturated carbocycles. The van der Waals surface area contributed by atoms with Gasteiger partial charge in [0.25, 0.3) is 10.0 Å². The first-order valence-electron chi connectivity index (χ1n) is 6.61. The normalized spacial score (nSPS) is 13.6. The Balaban J connectivity index is 1.91. The molecule has 1 aliphatic heterocycles. The predicted molar refractivity (Wildman–Crippen MR) is 80.6 cm³/mol. The van der Waals surface area contributed by atoms with Crippen molar-refractivity contribution in [2.75, 3.05) is 16.6 Å². The van der Waals surface area contributed by atoms with E-state index in [1.54, 1.807) is 37.3 Å². The number of anilines is 2. The molecule has 0 radical (unpaired) electrons. The highest BCUT2D eigenvalue weighted by molar-refractivity contribution is 7.92. The van der Waals surface area contributed by atoms with Crippen molar-refractivity contribution in [3.05, 3.63) is 53.3 Å². The molecular weight excluding hydrogens is 291 g/mol. The van der Waals surface area contributed by atoms with Crippen molar-refractivity contribution in [3.63, 3.8) is 0 Å². The van der Waals surface area contributed by atoms with Crippen LogP contribution >= 0.6 is 0 Å². The van der Waals surface area contributed by atoms with E-state index < -0.39 is 15.8 Å². The van der Waals surface area contributed by atoms with Crippen molar-refractivity contribution in [1.82, 2.24) is 0 Å². The van der Waals surface area contributed by atoms with Gasteiger partial charge in [0.1, 0.15) is 5.82 Å². The summed E-state index contributed by atoms with van der Waals surface area (Å²) in [7, 11) is -3.71. The second-order valence-electron chi connectivity index (χ2n) is 5.07. The highest BCUT2D eigenvalue weighted by Crippen LogP contribution is 2.26. The van der Waals surface area contributed by atoms with Gasteiger partial charge in [-0.15, -0.1) is 0 Å². The number of rotatable bonds is 3. The van der Waals surface area contributed by atoms with Gasteiger partial charge in [0, 0.05) is 12.2 Å². The van der Waals surface area contributed by atoms with Crippen molar-refractivity contribution >= 4 is 21.4 Å².